The second-order valence-electron chi connectivity index (χ2n) is 12.1. The molecule has 7 nitrogen and oxygen atoms in total. The normalized spacial score (nSPS) is 16.0. The Kier molecular flexibility index (Phi) is 8.54. The number of nitrogens with one attached hydrogen (secondary N) is 1. The molecule has 0 aliphatic carbocycles. The minimum Gasteiger partial charge on any atom is -0.480 e. The highest BCUT2D eigenvalue weighted by molar-refractivity contribution is 6.02. The lowest BCUT2D eigenvalue weighted by molar-refractivity contribution is -0.139. The Morgan fingerprint density at radius 3 is 2.23 bits per heavy atom. The van der Waals surface area contributed by atoms with E-state index in [1.807, 2.05) is 11.9 Å². The molecule has 2 atom stereocenters. The molecule has 1 fully saturated rings. The van der Waals surface area contributed by atoms with Crippen LogP contribution in [0.3, 0.4) is 0 Å². The van der Waals surface area contributed by atoms with Gasteiger partial charge in [0.1, 0.15) is 23.2 Å². The van der Waals surface area contributed by atoms with E-state index >= 15 is 8.78 Å². The highest BCUT2D eigenvalue weighted by atomic mass is 19.4. The minimum absolute atomic E-state index is 0.0124. The summed E-state index contributed by atoms with van der Waals surface area (Å²) in [6.45, 7) is 1.36. The number of carboxylic acid groups (broad SMARTS) is 1. The van der Waals surface area contributed by atoms with Crippen LogP contribution in [-0.2, 0) is 24.4 Å². The third kappa shape index (κ3) is 5.92. The Hall–Kier alpha value is -5.10. The van der Waals surface area contributed by atoms with Crippen molar-refractivity contribution in [3.63, 3.8) is 0 Å². The molecule has 6 rings (SSSR count). The van der Waals surface area contributed by atoms with Gasteiger partial charge in [-0.3, -0.25) is 9.59 Å². The molecule has 0 bridgehead atoms. The monoisotopic (exact) mass is 663 g/mol. The molecular weight excluding hydrogens is 633 g/mol. The minimum atomic E-state index is -4.89. The first-order valence-corrected chi connectivity index (χ1v) is 15.2. The quantitative estimate of drug-likeness (QED) is 0.194. The van der Waals surface area contributed by atoms with Gasteiger partial charge >= 0.3 is 12.1 Å². The van der Waals surface area contributed by atoms with E-state index in [4.69, 9.17) is 0 Å². The molecule has 4 aromatic carbocycles. The molecule has 0 radical (unpaired) electrons. The van der Waals surface area contributed by atoms with E-state index < -0.39 is 58.0 Å². The first-order chi connectivity index (χ1) is 22.8. The SMILES string of the molecule is CN1CCC(c2cc(F)c(C(=O)N[C@@H](Cc3cccc4c(-c5c(C(F)(F)F)c6ccccc6n(C)c5=O)cccc34)C(=O)O)c(F)c2)C1. The van der Waals surface area contributed by atoms with E-state index in [1.165, 1.54) is 61.6 Å². The van der Waals surface area contributed by atoms with Gasteiger partial charge < -0.3 is 19.9 Å². The molecule has 48 heavy (non-hydrogen) atoms. The maximum absolute atomic E-state index is 15.1. The van der Waals surface area contributed by atoms with E-state index in [9.17, 15) is 32.7 Å². The summed E-state index contributed by atoms with van der Waals surface area (Å²) in [4.78, 5) is 41.0. The summed E-state index contributed by atoms with van der Waals surface area (Å²) in [5.41, 5.74) is -2.63. The lowest BCUT2D eigenvalue weighted by Crippen LogP contribution is -2.43. The van der Waals surface area contributed by atoms with Gasteiger partial charge in [-0.2, -0.15) is 13.2 Å². The van der Waals surface area contributed by atoms with Crippen molar-refractivity contribution in [3.8, 4) is 11.1 Å². The third-order valence-corrected chi connectivity index (χ3v) is 9.05. The standard InChI is InChI=1S/C36H30F5N3O4/c1-43-14-13-20(18-43)21-15-26(37)31(27(38)16-21)33(45)42-28(35(47)48)17-19-7-5-10-23-22(19)9-6-11-24(23)30-32(36(39,40)41)25-8-3-4-12-29(25)44(2)34(30)46/h3-12,15-16,20,28H,13-14,17-18H2,1-2H3,(H,42,45)(H,47,48)/t20?,28-/m0/s1. The smallest absolute Gasteiger partial charge is 0.417 e. The van der Waals surface area contributed by atoms with Crippen molar-refractivity contribution in [2.24, 2.45) is 7.05 Å². The number of hydrogen-bond acceptors (Lipinski definition) is 4. The summed E-state index contributed by atoms with van der Waals surface area (Å²) in [7, 11) is 3.28. The number of likely N-dealkylation sites (N-methyl/N-ethyl adjacent to an activating group) is 1. The Morgan fingerprint density at radius 1 is 0.938 bits per heavy atom. The summed E-state index contributed by atoms with van der Waals surface area (Å²) in [5.74, 6) is -5.10. The van der Waals surface area contributed by atoms with Gasteiger partial charge in [0.2, 0.25) is 0 Å². The maximum Gasteiger partial charge on any atom is 0.417 e. The highest BCUT2D eigenvalue weighted by Gasteiger charge is 2.38. The second-order valence-corrected chi connectivity index (χ2v) is 12.1. The molecule has 1 aliphatic heterocycles. The van der Waals surface area contributed by atoms with Gasteiger partial charge in [-0.1, -0.05) is 54.6 Å². The predicted octanol–water partition coefficient (Wildman–Crippen LogP) is 6.50. The van der Waals surface area contributed by atoms with Crippen molar-refractivity contribution >= 4 is 33.6 Å². The van der Waals surface area contributed by atoms with Crippen molar-refractivity contribution in [1.29, 1.82) is 0 Å². The van der Waals surface area contributed by atoms with Crippen LogP contribution in [0.4, 0.5) is 22.0 Å². The van der Waals surface area contributed by atoms with Gasteiger partial charge in [-0.05, 0) is 71.6 Å². The van der Waals surface area contributed by atoms with Crippen LogP contribution in [0.25, 0.3) is 32.8 Å². The first kappa shape index (κ1) is 32.8. The molecule has 248 valence electrons. The number of likely N-dealkylation sites (tertiary alicyclic amines) is 1. The number of pyridine rings is 1. The molecule has 2 heterocycles. The number of benzene rings is 4. The van der Waals surface area contributed by atoms with Gasteiger partial charge in [0, 0.05) is 25.4 Å². The van der Waals surface area contributed by atoms with Crippen LogP contribution >= 0.6 is 0 Å². The van der Waals surface area contributed by atoms with E-state index in [0.29, 0.717) is 29.5 Å². The van der Waals surface area contributed by atoms with Crippen molar-refractivity contribution in [3.05, 3.63) is 117 Å². The molecule has 0 spiro atoms. The van der Waals surface area contributed by atoms with Crippen LogP contribution in [0.5, 0.6) is 0 Å². The maximum atomic E-state index is 15.1. The van der Waals surface area contributed by atoms with E-state index in [-0.39, 0.29) is 34.2 Å². The number of aliphatic carboxylic acids is 1. The lowest BCUT2D eigenvalue weighted by Gasteiger charge is -2.20. The average molecular weight is 664 g/mol. The Balaban J connectivity index is 1.38. The largest absolute Gasteiger partial charge is 0.480 e. The molecule has 1 amide bonds. The van der Waals surface area contributed by atoms with Crippen LogP contribution < -0.4 is 10.9 Å². The van der Waals surface area contributed by atoms with Crippen molar-refractivity contribution in [1.82, 2.24) is 14.8 Å². The Morgan fingerprint density at radius 2 is 1.58 bits per heavy atom. The number of aromatic nitrogens is 1. The van der Waals surface area contributed by atoms with Gasteiger partial charge in [0.25, 0.3) is 11.5 Å². The summed E-state index contributed by atoms with van der Waals surface area (Å²) < 4.78 is 75.3. The fraction of sp³-hybridized carbons (Fsp3) is 0.250. The number of rotatable bonds is 7. The van der Waals surface area contributed by atoms with Crippen LogP contribution in [0.1, 0.15) is 39.4 Å². The molecule has 1 aromatic heterocycles. The molecule has 1 unspecified atom stereocenters. The molecule has 1 aliphatic rings. The lowest BCUT2D eigenvalue weighted by atomic mass is 9.90. The van der Waals surface area contributed by atoms with Gasteiger partial charge in [-0.25, -0.2) is 13.6 Å². The van der Waals surface area contributed by atoms with Gasteiger partial charge in [0.05, 0.1) is 16.6 Å². The number of alkyl halides is 3. The third-order valence-electron chi connectivity index (χ3n) is 9.05. The topological polar surface area (TPSA) is 91.6 Å². The Labute approximate surface area is 271 Å². The van der Waals surface area contributed by atoms with E-state index in [1.54, 1.807) is 6.07 Å². The molecule has 1 saturated heterocycles. The predicted molar refractivity (Wildman–Crippen MR) is 171 cm³/mol. The summed E-state index contributed by atoms with van der Waals surface area (Å²) in [6.07, 6.45) is -4.57. The van der Waals surface area contributed by atoms with Crippen molar-refractivity contribution in [2.45, 2.75) is 31.0 Å². The highest BCUT2D eigenvalue weighted by Crippen LogP contribution is 2.42. The van der Waals surface area contributed by atoms with Crippen LogP contribution in [0.15, 0.2) is 77.6 Å². The fourth-order valence-corrected chi connectivity index (χ4v) is 6.71. The van der Waals surface area contributed by atoms with Crippen molar-refractivity contribution < 1.29 is 36.6 Å². The number of hydrogen-bond donors (Lipinski definition) is 2. The van der Waals surface area contributed by atoms with Gasteiger partial charge in [0.15, 0.2) is 0 Å². The van der Waals surface area contributed by atoms with Crippen LogP contribution in [-0.4, -0.2) is 52.6 Å². The van der Waals surface area contributed by atoms with E-state index in [2.05, 4.69) is 5.32 Å². The second kappa shape index (κ2) is 12.5. The fourth-order valence-electron chi connectivity index (χ4n) is 6.71. The summed E-state index contributed by atoms with van der Waals surface area (Å²) in [6, 6.07) is 15.2. The zero-order chi connectivity index (χ0) is 34.5. The molecular formula is C36H30F5N3O4. The van der Waals surface area contributed by atoms with Crippen LogP contribution in [0, 0.1) is 11.6 Å². The molecule has 12 heteroatoms. The molecule has 0 saturated carbocycles. The first-order valence-electron chi connectivity index (χ1n) is 15.2. The number of halogens is 5. The van der Waals surface area contributed by atoms with Gasteiger partial charge in [-0.15, -0.1) is 0 Å². The van der Waals surface area contributed by atoms with Crippen molar-refractivity contribution in [2.75, 3.05) is 20.1 Å². The van der Waals surface area contributed by atoms with E-state index in [0.717, 1.165) is 23.2 Å². The number of amides is 1. The number of carboxylic acids is 1. The molecule has 2 N–H and O–H groups in total. The number of carbonyl (C=O) groups excluding carboxylic acids is 1. The summed E-state index contributed by atoms with van der Waals surface area (Å²) in [5, 5.41) is 12.6. The number of nitrogens with zero attached hydrogens (tertiary/aromatic N) is 2. The number of fused-ring (bicyclic) bond motifs is 2. The Bertz CT molecular complexity index is 2140. The zero-order valence-corrected chi connectivity index (χ0v) is 25.9. The number of aryl methyl sites for hydroxylation is 1. The van der Waals surface area contributed by atoms with Crippen LogP contribution in [0.2, 0.25) is 0 Å². The number of para-hydroxylation sites is 1. The zero-order valence-electron chi connectivity index (χ0n) is 25.9. The average Bonchev–Trinajstić information content (AvgIpc) is 3.47. The number of carbonyl (C=O) groups is 2. The molecule has 5 aromatic rings. The summed E-state index contributed by atoms with van der Waals surface area (Å²) >= 11 is 0.